The van der Waals surface area contributed by atoms with Crippen molar-refractivity contribution in [2.24, 2.45) is 0 Å². The van der Waals surface area contributed by atoms with Crippen molar-refractivity contribution in [3.8, 4) is 0 Å². The van der Waals surface area contributed by atoms with Crippen molar-refractivity contribution in [2.75, 3.05) is 5.32 Å². The third-order valence-corrected chi connectivity index (χ3v) is 4.52. The van der Waals surface area contributed by atoms with Crippen LogP contribution < -0.4 is 10.6 Å². The molecule has 1 aromatic carbocycles. The molecule has 24 heavy (non-hydrogen) atoms. The van der Waals surface area contributed by atoms with Crippen LogP contribution in [-0.2, 0) is 0 Å². The molecule has 3 rings (SSSR count). The number of thiophene rings is 1. The van der Waals surface area contributed by atoms with Crippen molar-refractivity contribution >= 4 is 28.8 Å². The number of amides is 2. The summed E-state index contributed by atoms with van der Waals surface area (Å²) in [6, 6.07) is 13.9. The van der Waals surface area contributed by atoms with Gasteiger partial charge in [-0.05, 0) is 54.8 Å². The van der Waals surface area contributed by atoms with Gasteiger partial charge in [0.15, 0.2) is 5.76 Å². The SMILES string of the molecule is C[C@@H](NC(=O)c1ccc(NC(=O)c2ccco2)cc1)c1cccs1. The minimum absolute atomic E-state index is 0.0455. The summed E-state index contributed by atoms with van der Waals surface area (Å²) in [6.07, 6.45) is 1.44. The fourth-order valence-corrected chi connectivity index (χ4v) is 2.93. The maximum atomic E-state index is 12.3. The molecule has 0 spiro atoms. The van der Waals surface area contributed by atoms with Gasteiger partial charge >= 0.3 is 0 Å². The standard InChI is InChI=1S/C18H16N2O3S/c1-12(16-5-3-11-24-16)19-17(21)13-6-8-14(9-7-13)20-18(22)15-4-2-10-23-15/h2-12H,1H3,(H,19,21)(H,20,22)/t12-/m1/s1. The van der Waals surface area contributed by atoms with Crippen LogP contribution in [0.3, 0.4) is 0 Å². The van der Waals surface area contributed by atoms with Gasteiger partial charge in [-0.1, -0.05) is 6.07 Å². The van der Waals surface area contributed by atoms with Crippen LogP contribution in [0.1, 0.15) is 38.8 Å². The second-order valence-electron chi connectivity index (χ2n) is 5.22. The first-order chi connectivity index (χ1) is 11.6. The van der Waals surface area contributed by atoms with E-state index in [2.05, 4.69) is 10.6 Å². The molecule has 0 fully saturated rings. The average molecular weight is 340 g/mol. The molecule has 2 amide bonds. The third kappa shape index (κ3) is 3.72. The number of benzene rings is 1. The summed E-state index contributed by atoms with van der Waals surface area (Å²) in [5.41, 5.74) is 1.13. The summed E-state index contributed by atoms with van der Waals surface area (Å²) in [4.78, 5) is 25.3. The highest BCUT2D eigenvalue weighted by Gasteiger charge is 2.13. The molecule has 0 bridgehead atoms. The van der Waals surface area contributed by atoms with Gasteiger partial charge in [0.2, 0.25) is 0 Å². The van der Waals surface area contributed by atoms with Crippen molar-refractivity contribution in [1.82, 2.24) is 5.32 Å². The van der Waals surface area contributed by atoms with Gasteiger partial charge in [-0.25, -0.2) is 0 Å². The predicted molar refractivity (Wildman–Crippen MR) is 93.3 cm³/mol. The molecule has 0 saturated heterocycles. The Morgan fingerprint density at radius 2 is 1.83 bits per heavy atom. The number of hydrogen-bond acceptors (Lipinski definition) is 4. The number of rotatable bonds is 5. The molecule has 0 saturated carbocycles. The summed E-state index contributed by atoms with van der Waals surface area (Å²) in [5, 5.41) is 7.64. The number of anilines is 1. The second-order valence-corrected chi connectivity index (χ2v) is 6.20. The van der Waals surface area contributed by atoms with E-state index in [1.807, 2.05) is 24.4 Å². The largest absolute Gasteiger partial charge is 0.459 e. The van der Waals surface area contributed by atoms with E-state index in [0.717, 1.165) is 4.88 Å². The molecule has 0 radical (unpaired) electrons. The lowest BCUT2D eigenvalue weighted by Gasteiger charge is -2.12. The Morgan fingerprint density at radius 3 is 2.46 bits per heavy atom. The van der Waals surface area contributed by atoms with E-state index in [-0.39, 0.29) is 23.6 Å². The number of furan rings is 1. The van der Waals surface area contributed by atoms with Crippen LogP contribution >= 0.6 is 11.3 Å². The Bertz CT molecular complexity index is 809. The number of carbonyl (C=O) groups excluding carboxylic acids is 2. The van der Waals surface area contributed by atoms with E-state index in [4.69, 9.17) is 4.42 Å². The zero-order valence-corrected chi connectivity index (χ0v) is 13.8. The van der Waals surface area contributed by atoms with Crippen molar-refractivity contribution in [3.05, 3.63) is 76.4 Å². The molecule has 3 aromatic rings. The monoisotopic (exact) mass is 340 g/mol. The Balaban J connectivity index is 1.61. The average Bonchev–Trinajstić information content (AvgIpc) is 3.29. The Kier molecular flexibility index (Phi) is 4.77. The molecule has 1 atom stereocenters. The minimum atomic E-state index is -0.330. The van der Waals surface area contributed by atoms with Crippen LogP contribution in [0.15, 0.2) is 64.6 Å². The third-order valence-electron chi connectivity index (χ3n) is 3.47. The fourth-order valence-electron chi connectivity index (χ4n) is 2.19. The zero-order chi connectivity index (χ0) is 16.9. The van der Waals surface area contributed by atoms with Gasteiger partial charge in [-0.2, -0.15) is 0 Å². The van der Waals surface area contributed by atoms with Crippen LogP contribution in [0.4, 0.5) is 5.69 Å². The van der Waals surface area contributed by atoms with Crippen molar-refractivity contribution in [2.45, 2.75) is 13.0 Å². The molecule has 5 nitrogen and oxygen atoms in total. The van der Waals surface area contributed by atoms with E-state index in [9.17, 15) is 9.59 Å². The van der Waals surface area contributed by atoms with E-state index < -0.39 is 0 Å². The van der Waals surface area contributed by atoms with Gasteiger partial charge in [0.05, 0.1) is 12.3 Å². The van der Waals surface area contributed by atoms with Crippen LogP contribution in [0.25, 0.3) is 0 Å². The molecule has 0 aliphatic rings. The Morgan fingerprint density at radius 1 is 1.04 bits per heavy atom. The minimum Gasteiger partial charge on any atom is -0.459 e. The first kappa shape index (κ1) is 16.0. The van der Waals surface area contributed by atoms with Crippen molar-refractivity contribution in [1.29, 1.82) is 0 Å². The topological polar surface area (TPSA) is 71.3 Å². The molecule has 122 valence electrons. The summed E-state index contributed by atoms with van der Waals surface area (Å²) >= 11 is 1.61. The lowest BCUT2D eigenvalue weighted by atomic mass is 10.1. The number of hydrogen-bond donors (Lipinski definition) is 2. The molecule has 0 aliphatic heterocycles. The highest BCUT2D eigenvalue weighted by atomic mass is 32.1. The highest BCUT2D eigenvalue weighted by Crippen LogP contribution is 2.19. The van der Waals surface area contributed by atoms with E-state index >= 15 is 0 Å². The summed E-state index contributed by atoms with van der Waals surface area (Å²) in [6.45, 7) is 1.95. The molecule has 6 heteroatoms. The molecule has 2 heterocycles. The van der Waals surface area contributed by atoms with Crippen molar-refractivity contribution in [3.63, 3.8) is 0 Å². The quantitative estimate of drug-likeness (QED) is 0.735. The fraction of sp³-hybridized carbons (Fsp3) is 0.111. The highest BCUT2D eigenvalue weighted by molar-refractivity contribution is 7.10. The number of carbonyl (C=O) groups is 2. The maximum Gasteiger partial charge on any atom is 0.291 e. The van der Waals surface area contributed by atoms with Crippen LogP contribution in [0, 0.1) is 0 Å². The van der Waals surface area contributed by atoms with E-state index in [1.165, 1.54) is 6.26 Å². The van der Waals surface area contributed by atoms with Gasteiger partial charge in [-0.3, -0.25) is 9.59 Å². The summed E-state index contributed by atoms with van der Waals surface area (Å²) < 4.78 is 5.03. The van der Waals surface area contributed by atoms with Crippen LogP contribution in [0.2, 0.25) is 0 Å². The zero-order valence-electron chi connectivity index (χ0n) is 13.0. The van der Waals surface area contributed by atoms with Gasteiger partial charge in [-0.15, -0.1) is 11.3 Å². The van der Waals surface area contributed by atoms with E-state index in [0.29, 0.717) is 11.3 Å². The summed E-state index contributed by atoms with van der Waals surface area (Å²) in [5.74, 6) is -0.245. The lowest BCUT2D eigenvalue weighted by molar-refractivity contribution is 0.0939. The predicted octanol–water partition coefficient (Wildman–Crippen LogP) is 4.08. The molecule has 2 N–H and O–H groups in total. The normalized spacial score (nSPS) is 11.7. The second kappa shape index (κ2) is 7.14. The van der Waals surface area contributed by atoms with Crippen LogP contribution in [0.5, 0.6) is 0 Å². The van der Waals surface area contributed by atoms with E-state index in [1.54, 1.807) is 47.7 Å². The van der Waals surface area contributed by atoms with Gasteiger partial charge in [0.25, 0.3) is 11.8 Å². The molecule has 2 aromatic heterocycles. The molecular weight excluding hydrogens is 324 g/mol. The lowest BCUT2D eigenvalue weighted by Crippen LogP contribution is -2.26. The molecular formula is C18H16N2O3S. The smallest absolute Gasteiger partial charge is 0.291 e. The van der Waals surface area contributed by atoms with Gasteiger partial charge in [0, 0.05) is 16.1 Å². The molecule has 0 aliphatic carbocycles. The molecule has 0 unspecified atom stereocenters. The first-order valence-corrected chi connectivity index (χ1v) is 8.30. The maximum absolute atomic E-state index is 12.3. The van der Waals surface area contributed by atoms with Gasteiger partial charge in [0.1, 0.15) is 0 Å². The van der Waals surface area contributed by atoms with Crippen molar-refractivity contribution < 1.29 is 14.0 Å². The summed E-state index contributed by atoms with van der Waals surface area (Å²) in [7, 11) is 0. The van der Waals surface area contributed by atoms with Gasteiger partial charge < -0.3 is 15.1 Å². The number of nitrogens with one attached hydrogen (secondary N) is 2. The van der Waals surface area contributed by atoms with Crippen LogP contribution in [-0.4, -0.2) is 11.8 Å². The Hall–Kier alpha value is -2.86. The first-order valence-electron chi connectivity index (χ1n) is 7.42. The Labute approximate surface area is 143 Å².